The van der Waals surface area contributed by atoms with Crippen molar-refractivity contribution in [1.82, 2.24) is 0 Å². The third-order valence-corrected chi connectivity index (χ3v) is 2.57. The number of carbonyl (C=O) groups excluding carboxylic acids is 1. The van der Waals surface area contributed by atoms with Gasteiger partial charge in [0.1, 0.15) is 17.3 Å². The van der Waals surface area contributed by atoms with Gasteiger partial charge in [-0.1, -0.05) is 19.2 Å². The summed E-state index contributed by atoms with van der Waals surface area (Å²) in [5.74, 6) is -0.711. The van der Waals surface area contributed by atoms with Crippen molar-refractivity contribution in [2.24, 2.45) is 5.73 Å². The molecule has 0 aromatic heterocycles. The number of ether oxygens (including phenoxy) is 1. The minimum absolute atomic E-state index is 0.196. The van der Waals surface area contributed by atoms with E-state index in [0.717, 1.165) is 0 Å². The van der Waals surface area contributed by atoms with Crippen molar-refractivity contribution in [2.45, 2.75) is 6.61 Å². The first-order chi connectivity index (χ1) is 9.38. The smallest absolute Gasteiger partial charge is 0.520 e. The lowest BCUT2D eigenvalue weighted by atomic mass is 9.78. The summed E-state index contributed by atoms with van der Waals surface area (Å²) in [5.41, 5.74) is 5.34. The van der Waals surface area contributed by atoms with E-state index in [1.165, 1.54) is 18.2 Å². The molecular weight excluding hydrogens is 271 g/mol. The fraction of sp³-hybridized carbons (Fsp3) is 0.0833. The predicted molar refractivity (Wildman–Crippen MR) is 67.4 cm³/mol. The maximum atomic E-state index is 12.2. The van der Waals surface area contributed by atoms with Crippen LogP contribution in [0.15, 0.2) is 42.9 Å². The van der Waals surface area contributed by atoms with Crippen molar-refractivity contribution in [1.29, 1.82) is 0 Å². The zero-order valence-electron chi connectivity index (χ0n) is 10.3. The lowest BCUT2D eigenvalue weighted by Gasteiger charge is -2.11. The van der Waals surface area contributed by atoms with E-state index in [9.17, 15) is 13.6 Å². The van der Waals surface area contributed by atoms with E-state index >= 15 is 0 Å². The van der Waals surface area contributed by atoms with Crippen molar-refractivity contribution in [3.63, 3.8) is 0 Å². The van der Waals surface area contributed by atoms with Crippen molar-refractivity contribution in [3.8, 4) is 5.75 Å². The molecule has 0 bridgehead atoms. The van der Waals surface area contributed by atoms with E-state index in [2.05, 4.69) is 17.9 Å². The molecular formula is C12H10BF2NO4. The number of alkyl halides is 2. The van der Waals surface area contributed by atoms with Crippen LogP contribution in [0.1, 0.15) is 10.4 Å². The maximum Gasteiger partial charge on any atom is 0.632 e. The van der Waals surface area contributed by atoms with Gasteiger partial charge >= 0.3 is 13.7 Å². The van der Waals surface area contributed by atoms with Crippen LogP contribution < -0.4 is 15.9 Å². The zero-order chi connectivity index (χ0) is 14.9. The van der Waals surface area contributed by atoms with Gasteiger partial charge < -0.3 is 19.8 Å². The molecule has 0 saturated carbocycles. The molecule has 0 spiro atoms. The normalized spacial score (nSPS) is 14.2. The first-order valence-electron chi connectivity index (χ1n) is 5.48. The van der Waals surface area contributed by atoms with E-state index in [0.29, 0.717) is 5.46 Å². The van der Waals surface area contributed by atoms with Gasteiger partial charge in [-0.25, -0.2) is 0 Å². The molecule has 1 fully saturated rings. The summed E-state index contributed by atoms with van der Waals surface area (Å²) >= 11 is 0. The van der Waals surface area contributed by atoms with Gasteiger partial charge in [0.2, 0.25) is 0 Å². The number of hydrogen-bond acceptors (Lipinski definition) is 4. The minimum Gasteiger partial charge on any atom is -0.520 e. The van der Waals surface area contributed by atoms with Gasteiger partial charge in [-0.3, -0.25) is 4.79 Å². The molecule has 2 N–H and O–H groups in total. The van der Waals surface area contributed by atoms with Crippen LogP contribution in [0, 0.1) is 0 Å². The molecule has 1 aromatic carbocycles. The van der Waals surface area contributed by atoms with E-state index in [1.807, 2.05) is 0 Å². The fourth-order valence-corrected chi connectivity index (χ4v) is 1.64. The number of primary amides is 1. The number of rotatable bonds is 4. The van der Waals surface area contributed by atoms with E-state index < -0.39 is 19.6 Å². The van der Waals surface area contributed by atoms with Crippen molar-refractivity contribution in [2.75, 3.05) is 0 Å². The summed E-state index contributed by atoms with van der Waals surface area (Å²) in [7, 11) is -0.853. The van der Waals surface area contributed by atoms with Gasteiger partial charge in [0.05, 0.1) is 5.56 Å². The average molecular weight is 281 g/mol. The zero-order valence-corrected chi connectivity index (χ0v) is 10.3. The Bertz CT molecular complexity index is 575. The second-order valence-corrected chi connectivity index (χ2v) is 3.91. The Kier molecular flexibility index (Phi) is 3.65. The van der Waals surface area contributed by atoms with Crippen molar-refractivity contribution < 1.29 is 27.6 Å². The van der Waals surface area contributed by atoms with Crippen LogP contribution in [-0.4, -0.2) is 19.6 Å². The molecule has 1 aliphatic rings. The Morgan fingerprint density at radius 3 is 2.40 bits per heavy atom. The molecule has 1 aliphatic heterocycles. The van der Waals surface area contributed by atoms with E-state index in [-0.39, 0.29) is 22.8 Å². The summed E-state index contributed by atoms with van der Waals surface area (Å²) in [4.78, 5) is 11.3. The second kappa shape index (κ2) is 5.24. The largest absolute Gasteiger partial charge is 0.632 e. The van der Waals surface area contributed by atoms with E-state index in [1.54, 1.807) is 0 Å². The minimum atomic E-state index is -3.06. The monoisotopic (exact) mass is 281 g/mol. The highest BCUT2D eigenvalue weighted by Crippen LogP contribution is 2.23. The average Bonchev–Trinajstić information content (AvgIpc) is 2.69. The standard InChI is InChI=1S/C12H10BF2NO4/c1-6-7(2)20-13(19-6)8-3-4-10(18-12(14)15)9(5-8)11(16)17/h3-5,12H,1-2H2,(H2,16,17). The Hall–Kier alpha value is -2.51. The van der Waals surface area contributed by atoms with Crippen LogP contribution in [0.25, 0.3) is 0 Å². The number of carbonyl (C=O) groups is 1. The van der Waals surface area contributed by atoms with Crippen LogP contribution in [-0.2, 0) is 9.31 Å². The molecule has 5 nitrogen and oxygen atoms in total. The van der Waals surface area contributed by atoms with Crippen molar-refractivity contribution in [3.05, 3.63) is 48.4 Å². The molecule has 0 radical (unpaired) electrons. The highest BCUT2D eigenvalue weighted by Gasteiger charge is 2.35. The molecule has 0 aliphatic carbocycles. The summed E-state index contributed by atoms with van der Waals surface area (Å²) in [6, 6.07) is 3.87. The Morgan fingerprint density at radius 1 is 1.30 bits per heavy atom. The van der Waals surface area contributed by atoms with Crippen LogP contribution in [0.5, 0.6) is 5.75 Å². The summed E-state index contributed by atoms with van der Waals surface area (Å²) in [6.07, 6.45) is 0. The molecule has 1 heterocycles. The topological polar surface area (TPSA) is 70.8 Å². The lowest BCUT2D eigenvalue weighted by Crippen LogP contribution is -2.32. The van der Waals surface area contributed by atoms with Crippen LogP contribution >= 0.6 is 0 Å². The first-order valence-corrected chi connectivity index (χ1v) is 5.48. The van der Waals surface area contributed by atoms with Gasteiger partial charge in [-0.15, -0.1) is 0 Å². The van der Waals surface area contributed by atoms with Gasteiger partial charge in [0.25, 0.3) is 5.91 Å². The van der Waals surface area contributed by atoms with E-state index in [4.69, 9.17) is 15.0 Å². The number of hydrogen-bond donors (Lipinski definition) is 1. The summed E-state index contributed by atoms with van der Waals surface area (Å²) in [6.45, 7) is 4.07. The molecule has 1 amide bonds. The molecule has 2 rings (SSSR count). The van der Waals surface area contributed by atoms with Gasteiger partial charge in [-0.2, -0.15) is 8.78 Å². The summed E-state index contributed by atoms with van der Waals surface area (Å²) < 4.78 is 39.2. The fourth-order valence-electron chi connectivity index (χ4n) is 1.64. The quantitative estimate of drug-likeness (QED) is 0.840. The molecule has 1 saturated heterocycles. The van der Waals surface area contributed by atoms with Crippen molar-refractivity contribution >= 4 is 18.5 Å². The summed E-state index contributed by atoms with van der Waals surface area (Å²) in [5, 5.41) is 0. The maximum absolute atomic E-state index is 12.2. The molecule has 0 atom stereocenters. The Labute approximate surface area is 113 Å². The lowest BCUT2D eigenvalue weighted by molar-refractivity contribution is -0.0501. The highest BCUT2D eigenvalue weighted by molar-refractivity contribution is 6.62. The van der Waals surface area contributed by atoms with Gasteiger partial charge in [0, 0.05) is 5.46 Å². The third-order valence-electron chi connectivity index (χ3n) is 2.57. The van der Waals surface area contributed by atoms with Crippen LogP contribution in [0.2, 0.25) is 0 Å². The Balaban J connectivity index is 2.33. The SMILES string of the molecule is C=C1OB(c2ccc(OC(F)F)c(C(N)=O)c2)OC1=C. The number of benzene rings is 1. The first kappa shape index (κ1) is 13.9. The number of halogens is 2. The molecule has 20 heavy (non-hydrogen) atoms. The van der Waals surface area contributed by atoms with Crippen LogP contribution in [0.3, 0.4) is 0 Å². The molecule has 104 valence electrons. The van der Waals surface area contributed by atoms with Gasteiger partial charge in [0.15, 0.2) is 0 Å². The van der Waals surface area contributed by atoms with Gasteiger partial charge in [-0.05, 0) is 12.1 Å². The predicted octanol–water partition coefficient (Wildman–Crippen LogP) is 1.16. The Morgan fingerprint density at radius 2 is 1.90 bits per heavy atom. The molecule has 0 unspecified atom stereocenters. The highest BCUT2D eigenvalue weighted by atomic mass is 19.3. The number of nitrogens with two attached hydrogens (primary N) is 1. The molecule has 8 heteroatoms. The molecule has 1 aromatic rings. The van der Waals surface area contributed by atoms with Crippen LogP contribution in [0.4, 0.5) is 8.78 Å². The second-order valence-electron chi connectivity index (χ2n) is 3.91. The third kappa shape index (κ3) is 2.74. The number of amides is 1.